The molecule has 0 bridgehead atoms. The lowest BCUT2D eigenvalue weighted by molar-refractivity contribution is -0.155. The van der Waals surface area contributed by atoms with E-state index in [9.17, 15) is 4.79 Å². The molecular formula is C45H38ClN3O2. The fourth-order valence-electron chi connectivity index (χ4n) is 7.03. The van der Waals surface area contributed by atoms with Gasteiger partial charge in [-0.1, -0.05) is 181 Å². The monoisotopic (exact) mass is 687 g/mol. The maximum Gasteiger partial charge on any atom is 0.324 e. The largest absolute Gasteiger partial charge is 0.443 e. The molecule has 7 rings (SSSR count). The molecule has 6 heteroatoms. The molecule has 1 unspecified atom stereocenters. The second-order valence-corrected chi connectivity index (χ2v) is 13.1. The highest BCUT2D eigenvalue weighted by Gasteiger charge is 2.43. The topological polar surface area (TPSA) is 70.1 Å². The van der Waals surface area contributed by atoms with Crippen LogP contribution in [-0.2, 0) is 27.1 Å². The lowest BCUT2D eigenvalue weighted by Crippen LogP contribution is -2.43. The average Bonchev–Trinajstić information content (AvgIpc) is 3.65. The van der Waals surface area contributed by atoms with E-state index in [1.54, 1.807) is 0 Å². The number of imidazole rings is 1. The van der Waals surface area contributed by atoms with Crippen LogP contribution in [0.1, 0.15) is 44.6 Å². The second-order valence-electron chi connectivity index (χ2n) is 12.7. The molecular weight excluding hydrogens is 650 g/mol. The van der Waals surface area contributed by atoms with Gasteiger partial charge in [-0.25, -0.2) is 4.98 Å². The minimum Gasteiger partial charge on any atom is -0.443 e. The van der Waals surface area contributed by atoms with Crippen LogP contribution in [0, 0.1) is 6.92 Å². The molecule has 0 aliphatic carbocycles. The molecule has 0 amide bonds. The first-order valence-corrected chi connectivity index (χ1v) is 17.4. The molecule has 7 aromatic rings. The number of nitrogens with zero attached hydrogens (tertiary/aromatic N) is 2. The summed E-state index contributed by atoms with van der Waals surface area (Å²) in [7, 11) is 0. The van der Waals surface area contributed by atoms with E-state index < -0.39 is 23.2 Å². The average molecular weight is 688 g/mol. The summed E-state index contributed by atoms with van der Waals surface area (Å²) in [4.78, 5) is 19.1. The van der Waals surface area contributed by atoms with Crippen LogP contribution in [0.5, 0.6) is 0 Å². The molecule has 6 aromatic carbocycles. The van der Waals surface area contributed by atoms with Crippen molar-refractivity contribution in [3.63, 3.8) is 0 Å². The van der Waals surface area contributed by atoms with E-state index in [4.69, 9.17) is 27.1 Å². The molecule has 1 heterocycles. The van der Waals surface area contributed by atoms with Crippen molar-refractivity contribution in [2.75, 3.05) is 0 Å². The van der Waals surface area contributed by atoms with Crippen LogP contribution >= 0.6 is 11.6 Å². The zero-order chi connectivity index (χ0) is 35.3. The van der Waals surface area contributed by atoms with E-state index >= 15 is 0 Å². The number of nitrogens with two attached hydrogens (primary N) is 1. The van der Waals surface area contributed by atoms with Gasteiger partial charge in [-0.15, -0.1) is 0 Å². The lowest BCUT2D eigenvalue weighted by atomic mass is 9.77. The van der Waals surface area contributed by atoms with Gasteiger partial charge in [0.15, 0.2) is 5.60 Å². The smallest absolute Gasteiger partial charge is 0.324 e. The molecule has 0 saturated heterocycles. The van der Waals surface area contributed by atoms with Crippen LogP contribution in [0.4, 0.5) is 0 Å². The van der Waals surface area contributed by atoms with E-state index in [1.165, 1.54) is 0 Å². The summed E-state index contributed by atoms with van der Waals surface area (Å²) < 4.78 is 8.77. The number of benzene rings is 6. The number of rotatable bonds is 11. The summed E-state index contributed by atoms with van der Waals surface area (Å²) in [5, 5.41) is 0.473. The van der Waals surface area contributed by atoms with Crippen LogP contribution < -0.4 is 5.73 Å². The van der Waals surface area contributed by atoms with E-state index in [0.29, 0.717) is 16.3 Å². The Bertz CT molecular complexity index is 2110. The Morgan fingerprint density at radius 1 is 0.667 bits per heavy atom. The fourth-order valence-corrected chi connectivity index (χ4v) is 7.30. The minimum absolute atomic E-state index is 0.154. The molecule has 2 atom stereocenters. The Kier molecular flexibility index (Phi) is 9.67. The predicted octanol–water partition coefficient (Wildman–Crippen LogP) is 9.09. The van der Waals surface area contributed by atoms with Gasteiger partial charge >= 0.3 is 5.97 Å². The first-order valence-electron chi connectivity index (χ1n) is 17.0. The van der Waals surface area contributed by atoms with Crippen molar-refractivity contribution in [1.29, 1.82) is 0 Å². The number of aromatic nitrogens is 2. The van der Waals surface area contributed by atoms with Gasteiger partial charge in [0.25, 0.3) is 0 Å². The molecule has 0 spiro atoms. The Hall–Kier alpha value is -5.75. The van der Waals surface area contributed by atoms with Crippen molar-refractivity contribution >= 4 is 17.6 Å². The first-order chi connectivity index (χ1) is 24.9. The molecule has 1 aromatic heterocycles. The Morgan fingerprint density at radius 2 is 1.12 bits per heavy atom. The third-order valence-electron chi connectivity index (χ3n) is 9.48. The highest BCUT2D eigenvalue weighted by molar-refractivity contribution is 6.31. The number of hydrogen-bond acceptors (Lipinski definition) is 4. The molecule has 0 fully saturated rings. The van der Waals surface area contributed by atoms with Crippen LogP contribution in [0.2, 0.25) is 5.02 Å². The minimum atomic E-state index is -1.36. The van der Waals surface area contributed by atoms with Gasteiger partial charge in [-0.2, -0.15) is 0 Å². The van der Waals surface area contributed by atoms with Crippen LogP contribution in [0.25, 0.3) is 0 Å². The molecule has 5 nitrogen and oxygen atoms in total. The van der Waals surface area contributed by atoms with E-state index in [-0.39, 0.29) is 6.42 Å². The van der Waals surface area contributed by atoms with Crippen LogP contribution in [0.15, 0.2) is 182 Å². The fraction of sp³-hybridized carbons (Fsp3) is 0.111. The number of halogens is 1. The normalized spacial score (nSPS) is 13.2. The van der Waals surface area contributed by atoms with Gasteiger partial charge in [0, 0.05) is 34.3 Å². The highest BCUT2D eigenvalue weighted by Crippen LogP contribution is 2.44. The molecule has 2 N–H and O–H groups in total. The first kappa shape index (κ1) is 33.7. The van der Waals surface area contributed by atoms with Gasteiger partial charge in [0.2, 0.25) is 0 Å². The molecule has 0 aliphatic rings. The number of hydrogen-bond donors (Lipinski definition) is 1. The van der Waals surface area contributed by atoms with Crippen LogP contribution in [-0.4, -0.2) is 21.6 Å². The Balaban J connectivity index is 1.28. The van der Waals surface area contributed by atoms with Crippen molar-refractivity contribution in [3.8, 4) is 0 Å². The molecule has 0 aliphatic heterocycles. The van der Waals surface area contributed by atoms with Gasteiger partial charge in [0.1, 0.15) is 11.6 Å². The third-order valence-corrected chi connectivity index (χ3v) is 9.80. The van der Waals surface area contributed by atoms with Crippen molar-refractivity contribution in [2.24, 2.45) is 5.73 Å². The van der Waals surface area contributed by atoms with Gasteiger partial charge in [-0.05, 0) is 29.7 Å². The quantitative estimate of drug-likeness (QED) is 0.109. The van der Waals surface area contributed by atoms with Crippen molar-refractivity contribution in [3.05, 3.63) is 232 Å². The van der Waals surface area contributed by atoms with Crippen LogP contribution in [0.3, 0.4) is 0 Å². The summed E-state index contributed by atoms with van der Waals surface area (Å²) in [6.45, 7) is 2.02. The zero-order valence-corrected chi connectivity index (χ0v) is 29.0. The number of esters is 1. The standard InChI is InChI=1S/C45H38ClN3O2/c1-33-26-28-38(29-27-33)45(37-22-12-5-13-23-37,40-24-14-15-25-41(40)46)51-43(50)42(47)30-39-31-49(32-48-39)44(34-16-6-2-7-17-34,35-18-8-3-9-19-35)36-20-10-4-11-21-36/h2-29,31-32,42H,30,47H2,1H3/t42-,45?/m1/s1. The van der Waals surface area contributed by atoms with E-state index in [1.807, 2.05) is 153 Å². The third kappa shape index (κ3) is 6.38. The van der Waals surface area contributed by atoms with Crippen molar-refractivity contribution in [1.82, 2.24) is 9.55 Å². The summed E-state index contributed by atoms with van der Waals surface area (Å²) in [6.07, 6.45) is 3.96. The Morgan fingerprint density at radius 3 is 1.63 bits per heavy atom. The van der Waals surface area contributed by atoms with Gasteiger partial charge in [0.05, 0.1) is 12.0 Å². The lowest BCUT2D eigenvalue weighted by Gasteiger charge is -2.37. The van der Waals surface area contributed by atoms with E-state index in [2.05, 4.69) is 41.0 Å². The summed E-state index contributed by atoms with van der Waals surface area (Å²) in [5.74, 6) is -0.575. The molecule has 0 saturated carbocycles. The van der Waals surface area contributed by atoms with Gasteiger partial charge in [-0.3, -0.25) is 4.79 Å². The summed E-state index contributed by atoms with van der Waals surface area (Å²) >= 11 is 6.89. The molecule has 252 valence electrons. The maximum absolute atomic E-state index is 14.3. The van der Waals surface area contributed by atoms with Gasteiger partial charge < -0.3 is 15.0 Å². The van der Waals surface area contributed by atoms with E-state index in [0.717, 1.165) is 33.4 Å². The molecule has 0 radical (unpaired) electrons. The number of carbonyl (C=O) groups is 1. The number of carbonyl (C=O) groups excluding carboxylic acids is 1. The number of ether oxygens (including phenoxy) is 1. The SMILES string of the molecule is Cc1ccc(C(OC(=O)[C@H](N)Cc2cn(C(c3ccccc3)(c3ccccc3)c3ccccc3)cn2)(c2ccccc2)c2ccccc2Cl)cc1. The second kappa shape index (κ2) is 14.6. The molecule has 51 heavy (non-hydrogen) atoms. The predicted molar refractivity (Wildman–Crippen MR) is 204 cm³/mol. The van der Waals surface area contributed by atoms with Crippen molar-refractivity contribution in [2.45, 2.75) is 30.5 Å². The zero-order valence-electron chi connectivity index (χ0n) is 28.3. The maximum atomic E-state index is 14.3. The Labute approximate surface area is 304 Å². The summed E-state index contributed by atoms with van der Waals surface area (Å²) in [5.41, 5.74) is 11.8. The highest BCUT2D eigenvalue weighted by atomic mass is 35.5. The summed E-state index contributed by atoms with van der Waals surface area (Å²) in [6, 6.07) is 55.2. The number of aryl methyl sites for hydroxylation is 1. The van der Waals surface area contributed by atoms with Crippen molar-refractivity contribution < 1.29 is 9.53 Å².